The van der Waals surface area contributed by atoms with Gasteiger partial charge in [0.05, 0.1) is 0 Å². The third-order valence-corrected chi connectivity index (χ3v) is 6.63. The molecule has 2 amide bonds. The Morgan fingerprint density at radius 2 is 1.62 bits per heavy atom. The van der Waals surface area contributed by atoms with Gasteiger partial charge in [0.25, 0.3) is 0 Å². The zero-order valence-corrected chi connectivity index (χ0v) is 18.6. The standard InChI is InChI=1S/C25H30N6O/c1-19-6-4-5-13-31(19)24-12-11-23(27-28-24)29-14-16-30(17-15-29)25(32)26-22-10-9-20-7-2-3-8-21(20)18-22/h2-3,7-12,18-19H,4-6,13-17H2,1H3,(H,26,32). The van der Waals surface area contributed by atoms with Gasteiger partial charge in [-0.25, -0.2) is 4.79 Å². The summed E-state index contributed by atoms with van der Waals surface area (Å²) in [4.78, 5) is 19.2. The molecule has 166 valence electrons. The van der Waals surface area contributed by atoms with E-state index in [4.69, 9.17) is 0 Å². The Kier molecular flexibility index (Phi) is 5.79. The van der Waals surface area contributed by atoms with E-state index in [1.54, 1.807) is 0 Å². The van der Waals surface area contributed by atoms with Crippen LogP contribution < -0.4 is 15.1 Å². The number of nitrogens with zero attached hydrogens (tertiary/aromatic N) is 5. The van der Waals surface area contributed by atoms with Crippen molar-refractivity contribution in [2.75, 3.05) is 47.8 Å². The zero-order chi connectivity index (χ0) is 21.9. The summed E-state index contributed by atoms with van der Waals surface area (Å²) in [5.74, 6) is 1.85. The normalized spacial score (nSPS) is 19.3. The molecule has 0 spiro atoms. The number of hydrogen-bond donors (Lipinski definition) is 1. The fourth-order valence-electron chi connectivity index (χ4n) is 4.69. The van der Waals surface area contributed by atoms with Crippen LogP contribution in [0.2, 0.25) is 0 Å². The summed E-state index contributed by atoms with van der Waals surface area (Å²) in [7, 11) is 0. The molecule has 7 heteroatoms. The first-order chi connectivity index (χ1) is 15.7. The summed E-state index contributed by atoms with van der Waals surface area (Å²) < 4.78 is 0. The SMILES string of the molecule is CC1CCCCN1c1ccc(N2CCN(C(=O)Nc3ccc4ccccc4c3)CC2)nn1. The summed E-state index contributed by atoms with van der Waals surface area (Å²) in [5.41, 5.74) is 0.824. The number of rotatable bonds is 3. The van der Waals surface area contributed by atoms with E-state index in [1.807, 2.05) is 35.2 Å². The van der Waals surface area contributed by atoms with Gasteiger partial charge in [0, 0.05) is 44.5 Å². The van der Waals surface area contributed by atoms with Crippen LogP contribution in [0.25, 0.3) is 10.8 Å². The lowest BCUT2D eigenvalue weighted by atomic mass is 10.0. The Morgan fingerprint density at radius 1 is 0.875 bits per heavy atom. The Labute approximate surface area is 189 Å². The second kappa shape index (κ2) is 9.02. The number of anilines is 3. The molecule has 3 aromatic rings. The van der Waals surface area contributed by atoms with Crippen molar-refractivity contribution in [2.24, 2.45) is 0 Å². The van der Waals surface area contributed by atoms with Crippen LogP contribution in [-0.2, 0) is 0 Å². The number of piperidine rings is 1. The van der Waals surface area contributed by atoms with Crippen molar-refractivity contribution in [2.45, 2.75) is 32.2 Å². The quantitative estimate of drug-likeness (QED) is 0.669. The van der Waals surface area contributed by atoms with Crippen molar-refractivity contribution in [3.8, 4) is 0 Å². The molecule has 2 saturated heterocycles. The molecule has 0 bridgehead atoms. The van der Waals surface area contributed by atoms with Gasteiger partial charge >= 0.3 is 6.03 Å². The molecule has 7 nitrogen and oxygen atoms in total. The number of hydrogen-bond acceptors (Lipinski definition) is 5. The minimum atomic E-state index is -0.0551. The molecule has 2 fully saturated rings. The molecule has 2 aromatic carbocycles. The molecule has 3 heterocycles. The minimum Gasteiger partial charge on any atom is -0.352 e. The molecule has 1 aromatic heterocycles. The maximum Gasteiger partial charge on any atom is 0.321 e. The van der Waals surface area contributed by atoms with Crippen molar-refractivity contribution in [1.82, 2.24) is 15.1 Å². The number of nitrogens with one attached hydrogen (secondary N) is 1. The third-order valence-electron chi connectivity index (χ3n) is 6.63. The zero-order valence-electron chi connectivity index (χ0n) is 18.6. The first kappa shape index (κ1) is 20.5. The lowest BCUT2D eigenvalue weighted by Crippen LogP contribution is -2.50. The van der Waals surface area contributed by atoms with Crippen LogP contribution in [0.5, 0.6) is 0 Å². The van der Waals surface area contributed by atoms with Gasteiger partial charge in [-0.05, 0) is 61.2 Å². The predicted octanol–water partition coefficient (Wildman–Crippen LogP) is 4.36. The highest BCUT2D eigenvalue weighted by atomic mass is 16.2. The van der Waals surface area contributed by atoms with Crippen LogP contribution in [0.15, 0.2) is 54.6 Å². The molecule has 0 radical (unpaired) electrons. The van der Waals surface area contributed by atoms with E-state index in [1.165, 1.54) is 24.6 Å². The monoisotopic (exact) mass is 430 g/mol. The highest BCUT2D eigenvalue weighted by Crippen LogP contribution is 2.24. The number of urea groups is 1. The topological polar surface area (TPSA) is 64.6 Å². The molecule has 0 saturated carbocycles. The fraction of sp³-hybridized carbons (Fsp3) is 0.400. The fourth-order valence-corrected chi connectivity index (χ4v) is 4.69. The highest BCUT2D eigenvalue weighted by molar-refractivity contribution is 5.93. The summed E-state index contributed by atoms with van der Waals surface area (Å²) in [6.07, 6.45) is 3.73. The van der Waals surface area contributed by atoms with Crippen LogP contribution in [0.4, 0.5) is 22.1 Å². The average Bonchev–Trinajstić information content (AvgIpc) is 2.84. The van der Waals surface area contributed by atoms with Gasteiger partial charge in [-0.15, -0.1) is 10.2 Å². The molecular formula is C25H30N6O. The van der Waals surface area contributed by atoms with Gasteiger partial charge in [-0.2, -0.15) is 0 Å². The molecule has 1 unspecified atom stereocenters. The van der Waals surface area contributed by atoms with Crippen LogP contribution in [0, 0.1) is 0 Å². The summed E-state index contributed by atoms with van der Waals surface area (Å²) in [5, 5.41) is 14.3. The van der Waals surface area contributed by atoms with E-state index in [-0.39, 0.29) is 6.03 Å². The Bertz CT molecular complexity index is 1080. The number of amides is 2. The van der Waals surface area contributed by atoms with Crippen molar-refractivity contribution in [3.63, 3.8) is 0 Å². The molecule has 32 heavy (non-hydrogen) atoms. The number of carbonyl (C=O) groups is 1. The van der Waals surface area contributed by atoms with Gasteiger partial charge in [0.1, 0.15) is 0 Å². The van der Waals surface area contributed by atoms with Crippen molar-refractivity contribution in [1.29, 1.82) is 0 Å². The van der Waals surface area contributed by atoms with Gasteiger partial charge in [-0.3, -0.25) is 0 Å². The van der Waals surface area contributed by atoms with E-state index in [2.05, 4.69) is 56.5 Å². The van der Waals surface area contributed by atoms with E-state index >= 15 is 0 Å². The van der Waals surface area contributed by atoms with Crippen LogP contribution >= 0.6 is 0 Å². The molecule has 5 rings (SSSR count). The Morgan fingerprint density at radius 3 is 2.38 bits per heavy atom. The molecule has 1 atom stereocenters. The maximum atomic E-state index is 12.8. The average molecular weight is 431 g/mol. The van der Waals surface area contributed by atoms with Crippen molar-refractivity contribution in [3.05, 3.63) is 54.6 Å². The third kappa shape index (κ3) is 4.33. The first-order valence-electron chi connectivity index (χ1n) is 11.6. The highest BCUT2D eigenvalue weighted by Gasteiger charge is 2.24. The van der Waals surface area contributed by atoms with Crippen molar-refractivity contribution >= 4 is 34.1 Å². The number of fused-ring (bicyclic) bond motifs is 1. The number of carbonyl (C=O) groups excluding carboxylic acids is 1. The maximum absolute atomic E-state index is 12.8. The van der Waals surface area contributed by atoms with Gasteiger partial charge in [0.15, 0.2) is 11.6 Å². The Hall–Kier alpha value is -3.35. The largest absolute Gasteiger partial charge is 0.352 e. The summed E-state index contributed by atoms with van der Waals surface area (Å²) in [6, 6.07) is 18.8. The van der Waals surface area contributed by atoms with E-state index in [0.717, 1.165) is 42.3 Å². The smallest absolute Gasteiger partial charge is 0.321 e. The summed E-state index contributed by atoms with van der Waals surface area (Å²) >= 11 is 0. The van der Waals surface area contributed by atoms with Crippen LogP contribution in [-0.4, -0.2) is 59.9 Å². The lowest BCUT2D eigenvalue weighted by molar-refractivity contribution is 0.208. The summed E-state index contributed by atoms with van der Waals surface area (Å²) in [6.45, 7) is 6.13. The molecule has 2 aliphatic heterocycles. The van der Waals surface area contributed by atoms with E-state index in [0.29, 0.717) is 19.1 Å². The second-order valence-electron chi connectivity index (χ2n) is 8.75. The Balaban J connectivity index is 1.17. The molecule has 2 aliphatic rings. The molecular weight excluding hydrogens is 400 g/mol. The van der Waals surface area contributed by atoms with Crippen LogP contribution in [0.1, 0.15) is 26.2 Å². The van der Waals surface area contributed by atoms with Gasteiger partial charge < -0.3 is 20.0 Å². The van der Waals surface area contributed by atoms with E-state index in [9.17, 15) is 4.79 Å². The number of piperazine rings is 1. The second-order valence-corrected chi connectivity index (χ2v) is 8.75. The van der Waals surface area contributed by atoms with E-state index < -0.39 is 0 Å². The number of aromatic nitrogens is 2. The molecule has 0 aliphatic carbocycles. The predicted molar refractivity (Wildman–Crippen MR) is 129 cm³/mol. The van der Waals surface area contributed by atoms with Gasteiger partial charge in [-0.1, -0.05) is 30.3 Å². The number of benzene rings is 2. The minimum absolute atomic E-state index is 0.0551. The lowest BCUT2D eigenvalue weighted by Gasteiger charge is -2.36. The molecule has 1 N–H and O–H groups in total. The van der Waals surface area contributed by atoms with Crippen molar-refractivity contribution < 1.29 is 4.79 Å². The first-order valence-corrected chi connectivity index (χ1v) is 11.6. The van der Waals surface area contributed by atoms with Crippen LogP contribution in [0.3, 0.4) is 0 Å². The van der Waals surface area contributed by atoms with Gasteiger partial charge in [0.2, 0.25) is 0 Å².